The Balaban J connectivity index is 2.49. The van der Waals surface area contributed by atoms with Crippen LogP contribution in [-0.4, -0.2) is 17.7 Å². The number of pyridine rings is 1. The number of hydrogen-bond donors (Lipinski definition) is 1. The smallest absolute Gasteiger partial charge is 0.411 e. The Kier molecular flexibility index (Phi) is 5.35. The van der Waals surface area contributed by atoms with Crippen LogP contribution in [0.15, 0.2) is 12.1 Å². The number of ether oxygens (including phenoxy) is 1. The van der Waals surface area contributed by atoms with Gasteiger partial charge in [0.15, 0.2) is 0 Å². The van der Waals surface area contributed by atoms with Gasteiger partial charge >= 0.3 is 6.09 Å². The normalized spacial score (nSPS) is 9.94. The molecule has 1 heterocycles. The second-order valence-electron chi connectivity index (χ2n) is 3.12. The van der Waals surface area contributed by atoms with Gasteiger partial charge in [0.2, 0.25) is 0 Å². The molecular weight excluding hydrogens is 251 g/mol. The molecule has 1 aromatic rings. The molecule has 0 saturated heterocycles. The van der Waals surface area contributed by atoms with Crippen LogP contribution < -0.4 is 5.32 Å². The number of nitrogens with zero attached hydrogens (tertiary/aromatic N) is 1. The van der Waals surface area contributed by atoms with Crippen LogP contribution >= 0.6 is 23.2 Å². The molecule has 0 unspecified atom stereocenters. The van der Waals surface area contributed by atoms with Crippen molar-refractivity contribution in [3.63, 3.8) is 0 Å². The van der Waals surface area contributed by atoms with Gasteiger partial charge in [0.1, 0.15) is 10.3 Å². The third-order valence-corrected chi connectivity index (χ3v) is 2.13. The maximum Gasteiger partial charge on any atom is 0.411 e. The number of amides is 1. The first-order valence-corrected chi connectivity index (χ1v) is 5.64. The number of unbranched alkanes of at least 4 members (excludes halogenated alkanes) is 1. The molecule has 0 fully saturated rings. The van der Waals surface area contributed by atoms with E-state index in [-0.39, 0.29) is 10.3 Å². The highest BCUT2D eigenvalue weighted by atomic mass is 35.5. The molecule has 0 radical (unpaired) electrons. The number of hydrogen-bond acceptors (Lipinski definition) is 3. The summed E-state index contributed by atoms with van der Waals surface area (Å²) in [5, 5.41) is 2.95. The lowest BCUT2D eigenvalue weighted by molar-refractivity contribution is 0.160. The number of carbonyl (C=O) groups excluding carboxylic acids is 1. The number of rotatable bonds is 4. The maximum atomic E-state index is 11.3. The second kappa shape index (κ2) is 6.55. The van der Waals surface area contributed by atoms with Crippen LogP contribution in [0.5, 0.6) is 0 Å². The van der Waals surface area contributed by atoms with Crippen LogP contribution in [0.4, 0.5) is 10.5 Å². The van der Waals surface area contributed by atoms with Crippen molar-refractivity contribution in [2.24, 2.45) is 0 Å². The van der Waals surface area contributed by atoms with Crippen LogP contribution in [0.1, 0.15) is 19.8 Å². The molecule has 1 N–H and O–H groups in total. The zero-order chi connectivity index (χ0) is 12.0. The van der Waals surface area contributed by atoms with Crippen LogP contribution in [0.3, 0.4) is 0 Å². The lowest BCUT2D eigenvalue weighted by Crippen LogP contribution is -2.14. The zero-order valence-corrected chi connectivity index (χ0v) is 10.3. The Morgan fingerprint density at radius 2 is 2.06 bits per heavy atom. The zero-order valence-electron chi connectivity index (χ0n) is 8.80. The number of nitrogens with one attached hydrogen (secondary N) is 1. The van der Waals surface area contributed by atoms with E-state index in [1.807, 2.05) is 6.92 Å². The third kappa shape index (κ3) is 4.68. The van der Waals surface area contributed by atoms with Crippen molar-refractivity contribution in [3.05, 3.63) is 22.4 Å². The Labute approximate surface area is 104 Å². The fraction of sp³-hybridized carbons (Fsp3) is 0.400. The number of aromatic nitrogens is 1. The maximum absolute atomic E-state index is 11.3. The standard InChI is InChI=1S/C10H12Cl2N2O2/c1-2-3-4-16-10(15)13-7-5-8(11)14-9(12)6-7/h5-6H,2-4H2,1H3,(H,13,14,15). The van der Waals surface area contributed by atoms with Crippen LogP contribution in [0.2, 0.25) is 10.3 Å². The van der Waals surface area contributed by atoms with Gasteiger partial charge in [0.05, 0.1) is 12.3 Å². The predicted molar refractivity (Wildman–Crippen MR) is 64.1 cm³/mol. The summed E-state index contributed by atoms with van der Waals surface area (Å²) in [6.07, 6.45) is 1.29. The fourth-order valence-electron chi connectivity index (χ4n) is 1.00. The van der Waals surface area contributed by atoms with E-state index in [0.717, 1.165) is 12.8 Å². The summed E-state index contributed by atoms with van der Waals surface area (Å²) < 4.78 is 4.91. The van der Waals surface area contributed by atoms with Crippen molar-refractivity contribution in [2.45, 2.75) is 19.8 Å². The molecule has 4 nitrogen and oxygen atoms in total. The van der Waals surface area contributed by atoms with E-state index in [2.05, 4.69) is 10.3 Å². The predicted octanol–water partition coefficient (Wildman–Crippen LogP) is 3.74. The van der Waals surface area contributed by atoms with E-state index in [1.165, 1.54) is 12.1 Å². The first kappa shape index (κ1) is 13.1. The van der Waals surface area contributed by atoms with E-state index in [0.29, 0.717) is 12.3 Å². The second-order valence-corrected chi connectivity index (χ2v) is 3.89. The number of halogens is 2. The minimum atomic E-state index is -0.521. The van der Waals surface area contributed by atoms with E-state index >= 15 is 0 Å². The van der Waals surface area contributed by atoms with E-state index in [4.69, 9.17) is 27.9 Å². The topological polar surface area (TPSA) is 51.2 Å². The fourth-order valence-corrected chi connectivity index (χ4v) is 1.46. The molecule has 1 aromatic heterocycles. The van der Waals surface area contributed by atoms with Crippen molar-refractivity contribution < 1.29 is 9.53 Å². The Hall–Kier alpha value is -1.00. The van der Waals surface area contributed by atoms with Gasteiger partial charge in [-0.2, -0.15) is 0 Å². The van der Waals surface area contributed by atoms with E-state index in [9.17, 15) is 4.79 Å². The van der Waals surface area contributed by atoms with Gasteiger partial charge in [-0.3, -0.25) is 5.32 Å². The molecule has 0 bridgehead atoms. The molecule has 0 aliphatic rings. The minimum Gasteiger partial charge on any atom is -0.449 e. The van der Waals surface area contributed by atoms with Crippen LogP contribution in [0, 0.1) is 0 Å². The summed E-state index contributed by atoms with van der Waals surface area (Å²) >= 11 is 11.3. The van der Waals surface area contributed by atoms with Gasteiger partial charge in [-0.15, -0.1) is 0 Å². The monoisotopic (exact) mass is 262 g/mol. The summed E-state index contributed by atoms with van der Waals surface area (Å²) in [5.41, 5.74) is 0.464. The summed E-state index contributed by atoms with van der Waals surface area (Å²) in [4.78, 5) is 15.0. The van der Waals surface area contributed by atoms with Gasteiger partial charge < -0.3 is 4.74 Å². The Bertz CT molecular complexity index is 352. The molecule has 16 heavy (non-hydrogen) atoms. The molecule has 1 amide bonds. The average Bonchev–Trinajstić information content (AvgIpc) is 2.16. The van der Waals surface area contributed by atoms with Crippen LogP contribution in [0.25, 0.3) is 0 Å². The van der Waals surface area contributed by atoms with Crippen molar-refractivity contribution in [1.82, 2.24) is 4.98 Å². The van der Waals surface area contributed by atoms with Gasteiger partial charge in [-0.25, -0.2) is 9.78 Å². The molecule has 1 rings (SSSR count). The molecule has 0 aliphatic heterocycles. The molecule has 0 atom stereocenters. The number of carbonyl (C=O) groups is 1. The first-order chi connectivity index (χ1) is 7.61. The summed E-state index contributed by atoms with van der Waals surface area (Å²) in [6, 6.07) is 2.99. The molecule has 0 aromatic carbocycles. The highest BCUT2D eigenvalue weighted by Crippen LogP contribution is 2.18. The van der Waals surface area contributed by atoms with Crippen molar-refractivity contribution in [2.75, 3.05) is 11.9 Å². The SMILES string of the molecule is CCCCOC(=O)Nc1cc(Cl)nc(Cl)c1. The lowest BCUT2D eigenvalue weighted by Gasteiger charge is -2.06. The Morgan fingerprint density at radius 1 is 1.44 bits per heavy atom. The molecule has 0 saturated carbocycles. The molecule has 88 valence electrons. The highest BCUT2D eigenvalue weighted by Gasteiger charge is 2.05. The van der Waals surface area contributed by atoms with Gasteiger partial charge in [-0.05, 0) is 18.6 Å². The molecular formula is C10H12Cl2N2O2. The average molecular weight is 263 g/mol. The molecule has 0 spiro atoms. The van der Waals surface area contributed by atoms with Crippen molar-refractivity contribution in [1.29, 1.82) is 0 Å². The van der Waals surface area contributed by atoms with Crippen molar-refractivity contribution >= 4 is 35.0 Å². The van der Waals surface area contributed by atoms with E-state index in [1.54, 1.807) is 0 Å². The quantitative estimate of drug-likeness (QED) is 0.665. The lowest BCUT2D eigenvalue weighted by atomic mass is 10.4. The summed E-state index contributed by atoms with van der Waals surface area (Å²) in [7, 11) is 0. The van der Waals surface area contributed by atoms with Gasteiger partial charge in [0, 0.05) is 0 Å². The first-order valence-electron chi connectivity index (χ1n) is 4.88. The highest BCUT2D eigenvalue weighted by molar-refractivity contribution is 6.32. The Morgan fingerprint density at radius 3 is 2.62 bits per heavy atom. The summed E-state index contributed by atoms with van der Waals surface area (Å²) in [6.45, 7) is 2.42. The number of anilines is 1. The third-order valence-electron chi connectivity index (χ3n) is 1.74. The van der Waals surface area contributed by atoms with Gasteiger partial charge in [0.25, 0.3) is 0 Å². The molecule has 6 heteroatoms. The van der Waals surface area contributed by atoms with Crippen molar-refractivity contribution in [3.8, 4) is 0 Å². The minimum absolute atomic E-state index is 0.219. The largest absolute Gasteiger partial charge is 0.449 e. The van der Waals surface area contributed by atoms with Gasteiger partial charge in [-0.1, -0.05) is 36.5 Å². The van der Waals surface area contributed by atoms with E-state index < -0.39 is 6.09 Å². The van der Waals surface area contributed by atoms with Crippen LogP contribution in [-0.2, 0) is 4.74 Å². The summed E-state index contributed by atoms with van der Waals surface area (Å²) in [5.74, 6) is 0. The molecule has 0 aliphatic carbocycles.